The third kappa shape index (κ3) is 2.16. The number of carbonyl (C=O) groups is 1. The Morgan fingerprint density at radius 2 is 1.54 bits per heavy atom. The van der Waals surface area contributed by atoms with Gasteiger partial charge in [0.05, 0.1) is 16.7 Å². The Bertz CT molecular complexity index is 782. The topological polar surface area (TPSA) is 44.1 Å². The highest BCUT2D eigenvalue weighted by atomic mass is 32.2. The molecule has 3 rings (SSSR count). The number of thioether (sulfide) groups is 1. The number of hydrogen-bond acceptors (Lipinski definition) is 3. The van der Waals surface area contributed by atoms with Crippen molar-refractivity contribution in [3.05, 3.63) is 82.4 Å². The van der Waals surface area contributed by atoms with Gasteiger partial charge in [0, 0.05) is 6.54 Å². The molecular weight excluding hydrogens is 316 g/mol. The van der Waals surface area contributed by atoms with Crippen LogP contribution in [-0.4, -0.2) is 23.6 Å². The molecule has 0 fully saturated rings. The Morgan fingerprint density at radius 1 is 1.04 bits per heavy atom. The summed E-state index contributed by atoms with van der Waals surface area (Å²) in [4.78, 5) is 15.2. The van der Waals surface area contributed by atoms with Crippen LogP contribution in [0.5, 0.6) is 0 Å². The molecule has 1 aliphatic rings. The summed E-state index contributed by atoms with van der Waals surface area (Å²) >= 11 is 1.46. The van der Waals surface area contributed by atoms with Crippen molar-refractivity contribution in [3.63, 3.8) is 0 Å². The number of benzene rings is 2. The molecule has 1 amide bonds. The monoisotopic (exact) mass is 334 g/mol. The Morgan fingerprint density at radius 3 is 1.92 bits per heavy atom. The molecule has 1 aliphatic heterocycles. The SMILES string of the molecule is CCN1C(=O)C(c2ccccc2)(c2ccccc2)C(C#N)=C1SC. The zero-order chi connectivity index (χ0) is 17.2. The second-order valence-electron chi connectivity index (χ2n) is 5.53. The molecule has 0 atom stereocenters. The molecule has 0 saturated carbocycles. The average molecular weight is 334 g/mol. The molecule has 0 aliphatic carbocycles. The predicted molar refractivity (Wildman–Crippen MR) is 97.2 cm³/mol. The number of nitrogens with zero attached hydrogens (tertiary/aromatic N) is 2. The van der Waals surface area contributed by atoms with Crippen LogP contribution < -0.4 is 0 Å². The van der Waals surface area contributed by atoms with E-state index in [1.165, 1.54) is 11.8 Å². The van der Waals surface area contributed by atoms with Crippen molar-refractivity contribution in [3.8, 4) is 6.07 Å². The van der Waals surface area contributed by atoms with Gasteiger partial charge < -0.3 is 4.90 Å². The summed E-state index contributed by atoms with van der Waals surface area (Å²) in [6, 6.07) is 21.6. The maximum absolute atomic E-state index is 13.5. The van der Waals surface area contributed by atoms with Crippen LogP contribution >= 0.6 is 11.8 Å². The fraction of sp³-hybridized carbons (Fsp3) is 0.200. The quantitative estimate of drug-likeness (QED) is 0.851. The molecule has 0 N–H and O–H groups in total. The third-order valence-electron chi connectivity index (χ3n) is 4.43. The molecule has 0 radical (unpaired) electrons. The fourth-order valence-electron chi connectivity index (χ4n) is 3.41. The van der Waals surface area contributed by atoms with Gasteiger partial charge in [0.25, 0.3) is 0 Å². The van der Waals surface area contributed by atoms with Crippen molar-refractivity contribution in [2.75, 3.05) is 12.8 Å². The molecule has 0 saturated heterocycles. The maximum atomic E-state index is 13.5. The zero-order valence-corrected chi connectivity index (χ0v) is 14.5. The van der Waals surface area contributed by atoms with Crippen LogP contribution in [0.3, 0.4) is 0 Å². The smallest absolute Gasteiger partial charge is 0.247 e. The first-order chi connectivity index (χ1) is 11.7. The lowest BCUT2D eigenvalue weighted by molar-refractivity contribution is -0.130. The van der Waals surface area contributed by atoms with E-state index in [0.717, 1.165) is 16.2 Å². The molecule has 24 heavy (non-hydrogen) atoms. The first-order valence-corrected chi connectivity index (χ1v) is 9.06. The van der Waals surface area contributed by atoms with Crippen molar-refractivity contribution in [2.24, 2.45) is 0 Å². The van der Waals surface area contributed by atoms with E-state index < -0.39 is 5.41 Å². The van der Waals surface area contributed by atoms with Crippen LogP contribution in [0, 0.1) is 11.3 Å². The lowest BCUT2D eigenvalue weighted by Gasteiger charge is -2.30. The Kier molecular flexibility index (Phi) is 4.46. The van der Waals surface area contributed by atoms with E-state index in [0.29, 0.717) is 12.1 Å². The highest BCUT2D eigenvalue weighted by Gasteiger charge is 2.54. The highest BCUT2D eigenvalue weighted by Crippen LogP contribution is 2.49. The van der Waals surface area contributed by atoms with Gasteiger partial charge in [-0.2, -0.15) is 5.26 Å². The summed E-state index contributed by atoms with van der Waals surface area (Å²) < 4.78 is 0. The molecule has 120 valence electrons. The molecule has 3 nitrogen and oxygen atoms in total. The minimum atomic E-state index is -1.06. The second-order valence-corrected chi connectivity index (χ2v) is 6.32. The van der Waals surface area contributed by atoms with Crippen molar-refractivity contribution < 1.29 is 4.79 Å². The molecule has 0 bridgehead atoms. The Balaban J connectivity index is 2.41. The molecule has 2 aromatic rings. The first kappa shape index (κ1) is 16.4. The summed E-state index contributed by atoms with van der Waals surface area (Å²) in [6.07, 6.45) is 1.91. The van der Waals surface area contributed by atoms with Crippen molar-refractivity contribution in [2.45, 2.75) is 12.3 Å². The lowest BCUT2D eigenvalue weighted by atomic mass is 9.70. The van der Waals surface area contributed by atoms with E-state index in [-0.39, 0.29) is 5.91 Å². The van der Waals surface area contributed by atoms with Gasteiger partial charge in [-0.1, -0.05) is 60.7 Å². The van der Waals surface area contributed by atoms with Gasteiger partial charge in [0.2, 0.25) is 5.91 Å². The van der Waals surface area contributed by atoms with Crippen LogP contribution in [-0.2, 0) is 10.2 Å². The fourth-order valence-corrected chi connectivity index (χ4v) is 4.24. The van der Waals surface area contributed by atoms with Gasteiger partial charge in [0.1, 0.15) is 5.41 Å². The molecular formula is C20H18N2OS. The summed E-state index contributed by atoms with van der Waals surface area (Å²) in [6.45, 7) is 2.48. The van der Waals surface area contributed by atoms with E-state index >= 15 is 0 Å². The van der Waals surface area contributed by atoms with E-state index in [1.807, 2.05) is 73.8 Å². The lowest BCUT2D eigenvalue weighted by Crippen LogP contribution is -2.41. The number of hydrogen-bond donors (Lipinski definition) is 0. The van der Waals surface area contributed by atoms with E-state index in [9.17, 15) is 10.1 Å². The largest absolute Gasteiger partial charge is 0.305 e. The van der Waals surface area contributed by atoms with Crippen LogP contribution in [0.4, 0.5) is 0 Å². The van der Waals surface area contributed by atoms with Crippen LogP contribution in [0.25, 0.3) is 0 Å². The maximum Gasteiger partial charge on any atom is 0.247 e. The number of amides is 1. The Hall–Kier alpha value is -2.51. The average Bonchev–Trinajstić information content (AvgIpc) is 2.91. The van der Waals surface area contributed by atoms with Crippen molar-refractivity contribution >= 4 is 17.7 Å². The molecule has 1 heterocycles. The van der Waals surface area contributed by atoms with Gasteiger partial charge in [-0.3, -0.25) is 4.79 Å². The van der Waals surface area contributed by atoms with Crippen LogP contribution in [0.1, 0.15) is 18.1 Å². The van der Waals surface area contributed by atoms with Gasteiger partial charge in [-0.05, 0) is 24.3 Å². The normalized spacial score (nSPS) is 16.4. The van der Waals surface area contributed by atoms with E-state index in [4.69, 9.17) is 0 Å². The van der Waals surface area contributed by atoms with Gasteiger partial charge in [-0.25, -0.2) is 0 Å². The standard InChI is InChI=1S/C20H18N2OS/c1-3-22-18(24-2)17(14-21)20(19(22)23,15-10-6-4-7-11-15)16-12-8-5-9-13-16/h4-13H,3H2,1-2H3. The molecule has 0 spiro atoms. The Labute approximate surface area is 146 Å². The van der Waals surface area contributed by atoms with Crippen molar-refractivity contribution in [1.82, 2.24) is 4.90 Å². The predicted octanol–water partition coefficient (Wildman–Crippen LogP) is 3.93. The summed E-state index contributed by atoms with van der Waals surface area (Å²) in [5.41, 5.74) is 1.12. The molecule has 0 aromatic heterocycles. The van der Waals surface area contributed by atoms with E-state index in [2.05, 4.69) is 6.07 Å². The first-order valence-electron chi connectivity index (χ1n) is 7.83. The second kappa shape index (κ2) is 6.54. The van der Waals surface area contributed by atoms with Gasteiger partial charge >= 0.3 is 0 Å². The highest BCUT2D eigenvalue weighted by molar-refractivity contribution is 8.02. The number of nitriles is 1. The number of carbonyl (C=O) groups excluding carboxylic acids is 1. The number of likely N-dealkylation sites (N-methyl/N-ethyl adjacent to an activating group) is 1. The van der Waals surface area contributed by atoms with Crippen molar-refractivity contribution in [1.29, 1.82) is 5.26 Å². The third-order valence-corrected chi connectivity index (χ3v) is 5.25. The summed E-state index contributed by atoms with van der Waals surface area (Å²) in [5, 5.41) is 10.7. The number of rotatable bonds is 4. The summed E-state index contributed by atoms with van der Waals surface area (Å²) in [5.74, 6) is -0.0525. The molecule has 2 aromatic carbocycles. The zero-order valence-electron chi connectivity index (χ0n) is 13.7. The van der Waals surface area contributed by atoms with Crippen LogP contribution in [0.2, 0.25) is 0 Å². The minimum absolute atomic E-state index is 0.0525. The molecule has 0 unspecified atom stereocenters. The van der Waals surface area contributed by atoms with Crippen LogP contribution in [0.15, 0.2) is 71.3 Å². The van der Waals surface area contributed by atoms with Gasteiger partial charge in [0.15, 0.2) is 0 Å². The van der Waals surface area contributed by atoms with E-state index in [1.54, 1.807) is 4.90 Å². The van der Waals surface area contributed by atoms with Gasteiger partial charge in [-0.15, -0.1) is 11.8 Å². The minimum Gasteiger partial charge on any atom is -0.305 e. The summed E-state index contributed by atoms with van der Waals surface area (Å²) in [7, 11) is 0. The molecule has 4 heteroatoms.